The Bertz CT molecular complexity index is 944. The summed E-state index contributed by atoms with van der Waals surface area (Å²) in [4.78, 5) is 12.3. The molecule has 3 rings (SSSR count). The molecular formula is C17H16ClFN6O4-2. The molecule has 0 fully saturated rings. The highest BCUT2D eigenvalue weighted by atomic mass is 35.5. The normalized spacial score (nSPS) is 12.9. The molecule has 1 heterocycles. The predicted molar refractivity (Wildman–Crippen MR) is 108 cm³/mol. The minimum atomic E-state index is -0.866. The predicted octanol–water partition coefficient (Wildman–Crippen LogP) is 2.92. The zero-order valence-corrected chi connectivity index (χ0v) is 15.6. The van der Waals surface area contributed by atoms with Gasteiger partial charge in [0.25, 0.3) is 0 Å². The summed E-state index contributed by atoms with van der Waals surface area (Å²) in [6.07, 6.45) is 0.607. The number of hydrogen-bond donors (Lipinski definition) is 3. The summed E-state index contributed by atoms with van der Waals surface area (Å²) in [6.45, 7) is 0.765. The third-order valence-corrected chi connectivity index (χ3v) is 4.00. The van der Waals surface area contributed by atoms with Gasteiger partial charge in [-0.15, -0.1) is 5.10 Å². The molecule has 4 N–H and O–H groups in total. The van der Waals surface area contributed by atoms with Gasteiger partial charge in [-0.25, -0.2) is 9.18 Å². The molecule has 1 aliphatic rings. The minimum absolute atomic E-state index is 0.0448. The molecule has 0 aliphatic carbocycles. The number of amides is 2. The van der Waals surface area contributed by atoms with Crippen LogP contribution in [0.1, 0.15) is 6.42 Å². The fourth-order valence-electron chi connectivity index (χ4n) is 2.44. The number of hydrogen-bond acceptors (Lipinski definition) is 8. The number of anilines is 3. The second-order valence-electron chi connectivity index (χ2n) is 5.83. The number of rotatable bonds is 5. The third-order valence-electron chi connectivity index (χ3n) is 3.76. The number of urea groups is 1. The average molecular weight is 423 g/mol. The van der Waals surface area contributed by atoms with Gasteiger partial charge in [0, 0.05) is 11.1 Å². The highest BCUT2D eigenvalue weighted by Gasteiger charge is 2.19. The summed E-state index contributed by atoms with van der Waals surface area (Å²) >= 11 is 5.96. The van der Waals surface area contributed by atoms with Gasteiger partial charge in [-0.05, 0) is 43.3 Å². The Labute approximate surface area is 169 Å². The number of halogens is 2. The van der Waals surface area contributed by atoms with Crippen molar-refractivity contribution < 1.29 is 13.9 Å². The number of carbonyl (C=O) groups excluding carboxylic acids is 1. The summed E-state index contributed by atoms with van der Waals surface area (Å²) in [6, 6.07) is 6.72. The SMILES string of the molecule is NCCCOc1ccc(Cl)cc1NC(=O)NC1=NN([O-])c2cc(F)ccc2N1[O-]. The molecule has 10 nitrogen and oxygen atoms in total. The quantitative estimate of drug-likeness (QED) is 0.629. The van der Waals surface area contributed by atoms with Crippen LogP contribution in [-0.2, 0) is 0 Å². The van der Waals surface area contributed by atoms with Crippen LogP contribution in [0.3, 0.4) is 0 Å². The minimum Gasteiger partial charge on any atom is -0.752 e. The van der Waals surface area contributed by atoms with Gasteiger partial charge in [-0.1, -0.05) is 11.6 Å². The lowest BCUT2D eigenvalue weighted by Gasteiger charge is -2.42. The van der Waals surface area contributed by atoms with Crippen LogP contribution in [0.25, 0.3) is 0 Å². The lowest BCUT2D eigenvalue weighted by molar-refractivity contribution is 0.255. The Hall–Kier alpha value is -3.12. The zero-order valence-electron chi connectivity index (χ0n) is 14.9. The average Bonchev–Trinajstić information content (AvgIpc) is 2.67. The summed E-state index contributed by atoms with van der Waals surface area (Å²) in [5.74, 6) is -0.955. The number of guanidine groups is 1. The number of fused-ring (bicyclic) bond motifs is 1. The number of nitrogens with two attached hydrogens (primary N) is 1. The number of nitrogens with zero attached hydrogens (tertiary/aromatic N) is 3. The van der Waals surface area contributed by atoms with E-state index in [1.54, 1.807) is 12.1 Å². The van der Waals surface area contributed by atoms with Crippen molar-refractivity contribution >= 4 is 40.7 Å². The molecule has 0 radical (unpaired) electrons. The van der Waals surface area contributed by atoms with Crippen LogP contribution < -0.4 is 31.3 Å². The molecule has 154 valence electrons. The molecule has 0 aromatic heterocycles. The van der Waals surface area contributed by atoms with Crippen LogP contribution in [-0.4, -0.2) is 25.1 Å². The summed E-state index contributed by atoms with van der Waals surface area (Å²) < 4.78 is 18.8. The second-order valence-corrected chi connectivity index (χ2v) is 6.27. The first-order valence-corrected chi connectivity index (χ1v) is 8.80. The van der Waals surface area contributed by atoms with Crippen molar-refractivity contribution in [2.75, 3.05) is 28.7 Å². The van der Waals surface area contributed by atoms with Gasteiger partial charge >= 0.3 is 6.03 Å². The van der Waals surface area contributed by atoms with E-state index in [1.165, 1.54) is 6.07 Å². The Morgan fingerprint density at radius 1 is 1.21 bits per heavy atom. The first kappa shape index (κ1) is 20.6. The highest BCUT2D eigenvalue weighted by Crippen LogP contribution is 2.33. The Morgan fingerprint density at radius 3 is 2.76 bits per heavy atom. The standard InChI is InChI=1S/C17H16ClFN6O4/c18-10-2-5-15(29-7-1-6-20)12(8-10)21-17(26)22-16-23-25(28)14-9-11(19)3-4-13(14)24(16)27/h2-5,8-9H,1,6-7,20H2,(H2,21,22,23,26)/q-2. The molecule has 2 aromatic carbocycles. The maximum atomic E-state index is 13.3. The Kier molecular flexibility index (Phi) is 6.34. The van der Waals surface area contributed by atoms with Crippen LogP contribution in [0.2, 0.25) is 5.02 Å². The van der Waals surface area contributed by atoms with E-state index in [2.05, 4.69) is 15.7 Å². The number of nitrogens with one attached hydrogen (secondary N) is 2. The smallest absolute Gasteiger partial charge is 0.326 e. The van der Waals surface area contributed by atoms with Crippen molar-refractivity contribution in [3.63, 3.8) is 0 Å². The molecule has 1 aliphatic heterocycles. The van der Waals surface area contributed by atoms with Crippen LogP contribution in [0.5, 0.6) is 5.75 Å². The van der Waals surface area contributed by atoms with Gasteiger partial charge < -0.3 is 36.4 Å². The molecule has 29 heavy (non-hydrogen) atoms. The monoisotopic (exact) mass is 422 g/mol. The van der Waals surface area contributed by atoms with Gasteiger partial charge in [-0.3, -0.25) is 5.32 Å². The van der Waals surface area contributed by atoms with E-state index in [-0.39, 0.29) is 27.3 Å². The maximum Gasteiger partial charge on any atom is 0.326 e. The molecule has 2 amide bonds. The fraction of sp³-hybridized carbons (Fsp3) is 0.176. The van der Waals surface area contributed by atoms with Crippen molar-refractivity contribution in [1.82, 2.24) is 5.32 Å². The number of hydroxylamine groups is 1. The first-order chi connectivity index (χ1) is 13.9. The summed E-state index contributed by atoms with van der Waals surface area (Å²) in [7, 11) is 0. The van der Waals surface area contributed by atoms with Crippen molar-refractivity contribution in [3.05, 3.63) is 57.7 Å². The zero-order chi connectivity index (χ0) is 21.0. The number of carbonyl (C=O) groups is 1. The molecule has 0 spiro atoms. The highest BCUT2D eigenvalue weighted by molar-refractivity contribution is 6.31. The van der Waals surface area contributed by atoms with E-state index >= 15 is 0 Å². The Morgan fingerprint density at radius 2 is 2.00 bits per heavy atom. The number of ether oxygens (including phenoxy) is 1. The molecule has 0 saturated carbocycles. The van der Waals surface area contributed by atoms with E-state index in [0.717, 1.165) is 18.2 Å². The maximum absolute atomic E-state index is 13.3. The molecule has 12 heteroatoms. The van der Waals surface area contributed by atoms with Gasteiger partial charge in [0.2, 0.25) is 5.96 Å². The van der Waals surface area contributed by atoms with Crippen molar-refractivity contribution in [2.24, 2.45) is 10.8 Å². The van der Waals surface area contributed by atoms with Gasteiger partial charge in [0.05, 0.1) is 23.7 Å². The van der Waals surface area contributed by atoms with Crippen LogP contribution in [0, 0.1) is 16.2 Å². The molecule has 0 saturated heterocycles. The van der Waals surface area contributed by atoms with E-state index in [1.807, 2.05) is 0 Å². The molecule has 0 bridgehead atoms. The van der Waals surface area contributed by atoms with Gasteiger partial charge in [-0.2, -0.15) is 0 Å². The van der Waals surface area contributed by atoms with Gasteiger partial charge in [0.1, 0.15) is 11.6 Å². The van der Waals surface area contributed by atoms with Crippen LogP contribution >= 0.6 is 11.6 Å². The lowest BCUT2D eigenvalue weighted by Crippen LogP contribution is -2.46. The van der Waals surface area contributed by atoms with Gasteiger partial charge in [0.15, 0.2) is 0 Å². The third kappa shape index (κ3) is 4.84. The van der Waals surface area contributed by atoms with E-state index in [4.69, 9.17) is 22.1 Å². The van der Waals surface area contributed by atoms with Crippen molar-refractivity contribution in [1.29, 1.82) is 0 Å². The summed E-state index contributed by atoms with van der Waals surface area (Å²) in [5, 5.41) is 33.0. The Balaban J connectivity index is 1.73. The first-order valence-electron chi connectivity index (χ1n) is 8.42. The molecular weight excluding hydrogens is 407 g/mol. The van der Waals surface area contributed by atoms with E-state index < -0.39 is 17.8 Å². The second kappa shape index (κ2) is 8.92. The topological polar surface area (TPSA) is 141 Å². The number of hydrazone groups is 1. The van der Waals surface area contributed by atoms with E-state index in [0.29, 0.717) is 30.3 Å². The molecule has 0 unspecified atom stereocenters. The van der Waals surface area contributed by atoms with Crippen LogP contribution in [0.15, 0.2) is 41.5 Å². The van der Waals surface area contributed by atoms with Crippen LogP contribution in [0.4, 0.5) is 26.2 Å². The van der Waals surface area contributed by atoms with E-state index in [9.17, 15) is 19.6 Å². The van der Waals surface area contributed by atoms with Crippen molar-refractivity contribution in [2.45, 2.75) is 6.42 Å². The largest absolute Gasteiger partial charge is 0.752 e. The summed E-state index contributed by atoms with van der Waals surface area (Å²) in [5.41, 5.74) is 5.22. The van der Waals surface area contributed by atoms with Crippen molar-refractivity contribution in [3.8, 4) is 5.75 Å². The molecule has 2 aromatic rings. The molecule has 0 atom stereocenters. The number of benzene rings is 2. The fourth-order valence-corrected chi connectivity index (χ4v) is 2.61. The lowest BCUT2D eigenvalue weighted by atomic mass is 10.2.